The molecule has 1 amide bonds. The Hall–Kier alpha value is -2.18. The normalized spacial score (nSPS) is 16.3. The van der Waals surface area contributed by atoms with Gasteiger partial charge in [0.25, 0.3) is 12.1 Å². The molecule has 2 rings (SSSR count). The van der Waals surface area contributed by atoms with Gasteiger partial charge in [-0.1, -0.05) is 36.4 Å². The van der Waals surface area contributed by atoms with E-state index in [2.05, 4.69) is 0 Å². The third-order valence-electron chi connectivity index (χ3n) is 2.44. The molecule has 0 spiro atoms. The molecule has 1 aromatic rings. The van der Waals surface area contributed by atoms with E-state index in [4.69, 9.17) is 9.57 Å². The lowest BCUT2D eigenvalue weighted by Crippen LogP contribution is -2.46. The third-order valence-corrected chi connectivity index (χ3v) is 2.44. The molecule has 100 valence electrons. The van der Waals surface area contributed by atoms with Crippen LogP contribution in [0.3, 0.4) is 0 Å². The van der Waals surface area contributed by atoms with Crippen LogP contribution in [0.5, 0.6) is 0 Å². The minimum absolute atomic E-state index is 0.0224. The topological polar surface area (TPSA) is 76.1 Å². The second kappa shape index (κ2) is 6.12. The number of hydroxylamine groups is 2. The summed E-state index contributed by atoms with van der Waals surface area (Å²) in [6.45, 7) is 0.142. The highest BCUT2D eigenvalue weighted by molar-refractivity contribution is 5.90. The lowest BCUT2D eigenvalue weighted by atomic mass is 10.2. The summed E-state index contributed by atoms with van der Waals surface area (Å²) in [5.41, 5.74) is 0.786. The monoisotopic (exact) mass is 263 g/mol. The number of esters is 1. The highest BCUT2D eigenvalue weighted by atomic mass is 16.7. The van der Waals surface area contributed by atoms with Crippen LogP contribution in [0.15, 0.2) is 42.5 Å². The van der Waals surface area contributed by atoms with Gasteiger partial charge in [-0.25, -0.2) is 4.79 Å². The van der Waals surface area contributed by atoms with Gasteiger partial charge in [0.2, 0.25) is 0 Å². The number of nitrogens with zero attached hydrogens (tertiary/aromatic N) is 1. The molecule has 0 aromatic heterocycles. The molecule has 1 heterocycles. The van der Waals surface area contributed by atoms with Crippen LogP contribution in [0, 0.1) is 0 Å². The number of carbonyl (C=O) groups excluding carboxylic acids is 2. The summed E-state index contributed by atoms with van der Waals surface area (Å²) in [5, 5.41) is 10.3. The fraction of sp³-hybridized carbons (Fsp3) is 0.231. The van der Waals surface area contributed by atoms with Crippen LogP contribution < -0.4 is 0 Å². The highest BCUT2D eigenvalue weighted by Gasteiger charge is 2.30. The number of hydrogen-bond acceptors (Lipinski definition) is 5. The molecule has 0 aliphatic carbocycles. The van der Waals surface area contributed by atoms with Gasteiger partial charge in [0.05, 0.1) is 6.61 Å². The van der Waals surface area contributed by atoms with E-state index in [9.17, 15) is 14.7 Å². The second-order valence-electron chi connectivity index (χ2n) is 3.83. The molecule has 0 radical (unpaired) electrons. The van der Waals surface area contributed by atoms with Crippen molar-refractivity contribution in [2.75, 3.05) is 6.61 Å². The maximum Gasteiger partial charge on any atom is 0.359 e. The molecule has 19 heavy (non-hydrogen) atoms. The smallest absolute Gasteiger partial charge is 0.359 e. The fourth-order valence-corrected chi connectivity index (χ4v) is 1.50. The van der Waals surface area contributed by atoms with Crippen LogP contribution in [0.4, 0.5) is 0 Å². The predicted molar refractivity (Wildman–Crippen MR) is 64.2 cm³/mol. The van der Waals surface area contributed by atoms with Crippen molar-refractivity contribution in [1.82, 2.24) is 5.06 Å². The Labute approximate surface area is 109 Å². The predicted octanol–water partition coefficient (Wildman–Crippen LogP) is 0.378. The Morgan fingerprint density at radius 1 is 1.42 bits per heavy atom. The molecule has 1 aliphatic heterocycles. The Morgan fingerprint density at radius 2 is 2.16 bits per heavy atom. The van der Waals surface area contributed by atoms with E-state index in [0.717, 1.165) is 5.56 Å². The van der Waals surface area contributed by atoms with Gasteiger partial charge < -0.3 is 9.84 Å². The first-order valence-corrected chi connectivity index (χ1v) is 5.70. The van der Waals surface area contributed by atoms with Crippen LogP contribution in [0.25, 0.3) is 0 Å². The van der Waals surface area contributed by atoms with Gasteiger partial charge >= 0.3 is 5.97 Å². The van der Waals surface area contributed by atoms with Crippen LogP contribution in [-0.2, 0) is 25.8 Å². The maximum atomic E-state index is 11.6. The zero-order valence-corrected chi connectivity index (χ0v) is 10.1. The van der Waals surface area contributed by atoms with Gasteiger partial charge in [0, 0.05) is 6.08 Å². The molecule has 0 saturated carbocycles. The van der Waals surface area contributed by atoms with Gasteiger partial charge in [-0.2, -0.15) is 5.06 Å². The summed E-state index contributed by atoms with van der Waals surface area (Å²) in [7, 11) is 0. The van der Waals surface area contributed by atoms with Crippen molar-refractivity contribution in [3.8, 4) is 0 Å². The summed E-state index contributed by atoms with van der Waals surface area (Å²) in [6, 6.07) is 9.02. The Balaban J connectivity index is 1.89. The third kappa shape index (κ3) is 3.40. The maximum absolute atomic E-state index is 11.6. The number of hydrogen-bond donors (Lipinski definition) is 1. The average molecular weight is 263 g/mol. The van der Waals surface area contributed by atoms with Crippen molar-refractivity contribution in [2.24, 2.45) is 0 Å². The largest absolute Gasteiger partial charge is 0.457 e. The highest BCUT2D eigenvalue weighted by Crippen LogP contribution is 2.08. The van der Waals surface area contributed by atoms with Gasteiger partial charge in [0.1, 0.15) is 6.61 Å². The standard InChI is InChI=1S/C13H13NO5/c15-11-7-4-8-19-14(11)12(16)13(17)18-9-10-5-2-1-3-6-10/h1-7,12,16H,8-9H2/t12-/m1/s1. The molecule has 0 saturated heterocycles. The summed E-state index contributed by atoms with van der Waals surface area (Å²) in [6.07, 6.45) is 0.944. The number of benzene rings is 1. The van der Waals surface area contributed by atoms with Crippen molar-refractivity contribution >= 4 is 11.9 Å². The lowest BCUT2D eigenvalue weighted by molar-refractivity contribution is -0.235. The lowest BCUT2D eigenvalue weighted by Gasteiger charge is -2.25. The Kier molecular flexibility index (Phi) is 4.27. The Bertz CT molecular complexity index is 485. The molecule has 6 heteroatoms. The van der Waals surface area contributed by atoms with E-state index in [1.807, 2.05) is 18.2 Å². The zero-order valence-electron chi connectivity index (χ0n) is 10.1. The molecule has 0 bridgehead atoms. The van der Waals surface area contributed by atoms with Gasteiger partial charge in [-0.15, -0.1) is 0 Å². The van der Waals surface area contributed by atoms with E-state index < -0.39 is 18.1 Å². The molecule has 1 N–H and O–H groups in total. The molecular weight excluding hydrogens is 250 g/mol. The first-order valence-electron chi connectivity index (χ1n) is 5.70. The van der Waals surface area contributed by atoms with Gasteiger partial charge in [-0.3, -0.25) is 9.63 Å². The number of amides is 1. The molecule has 1 aromatic carbocycles. The first-order chi connectivity index (χ1) is 9.18. The van der Waals surface area contributed by atoms with Crippen LogP contribution in [0.2, 0.25) is 0 Å². The van der Waals surface area contributed by atoms with Crippen molar-refractivity contribution in [3.63, 3.8) is 0 Å². The number of aliphatic hydroxyl groups excluding tert-OH is 1. The van der Waals surface area contributed by atoms with Crippen LogP contribution >= 0.6 is 0 Å². The van der Waals surface area contributed by atoms with Crippen molar-refractivity contribution in [3.05, 3.63) is 48.0 Å². The number of aliphatic hydroxyl groups is 1. The van der Waals surface area contributed by atoms with Crippen molar-refractivity contribution in [2.45, 2.75) is 12.8 Å². The Morgan fingerprint density at radius 3 is 2.84 bits per heavy atom. The van der Waals surface area contributed by atoms with E-state index in [0.29, 0.717) is 5.06 Å². The minimum atomic E-state index is -1.76. The van der Waals surface area contributed by atoms with Crippen molar-refractivity contribution in [1.29, 1.82) is 0 Å². The second-order valence-corrected chi connectivity index (χ2v) is 3.83. The van der Waals surface area contributed by atoms with E-state index in [-0.39, 0.29) is 13.2 Å². The molecular formula is C13H13NO5. The average Bonchev–Trinajstić information content (AvgIpc) is 2.45. The summed E-state index contributed by atoms with van der Waals surface area (Å²) < 4.78 is 4.90. The summed E-state index contributed by atoms with van der Waals surface area (Å²) >= 11 is 0. The van der Waals surface area contributed by atoms with E-state index >= 15 is 0 Å². The van der Waals surface area contributed by atoms with Crippen molar-refractivity contribution < 1.29 is 24.3 Å². The molecule has 1 aliphatic rings. The quantitative estimate of drug-likeness (QED) is 0.795. The fourth-order valence-electron chi connectivity index (χ4n) is 1.50. The summed E-state index contributed by atoms with van der Waals surface area (Å²) in [5.74, 6) is -1.54. The SMILES string of the molecule is O=C(OCc1ccccc1)[C@@H](O)N1OCC=CC1=O. The van der Waals surface area contributed by atoms with Crippen LogP contribution in [-0.4, -0.2) is 34.9 Å². The molecule has 0 fully saturated rings. The van der Waals surface area contributed by atoms with E-state index in [1.54, 1.807) is 12.1 Å². The van der Waals surface area contributed by atoms with Gasteiger partial charge in [-0.05, 0) is 5.56 Å². The summed E-state index contributed by atoms with van der Waals surface area (Å²) in [4.78, 5) is 27.8. The molecule has 0 unspecified atom stereocenters. The first kappa shape index (κ1) is 13.3. The zero-order chi connectivity index (χ0) is 13.7. The molecule has 6 nitrogen and oxygen atoms in total. The number of rotatable bonds is 4. The minimum Gasteiger partial charge on any atom is -0.457 e. The number of ether oxygens (including phenoxy) is 1. The molecule has 1 atom stereocenters. The number of carbonyl (C=O) groups is 2. The van der Waals surface area contributed by atoms with Crippen LogP contribution in [0.1, 0.15) is 5.56 Å². The van der Waals surface area contributed by atoms with E-state index in [1.165, 1.54) is 12.2 Å². The van der Waals surface area contributed by atoms with Gasteiger partial charge in [0.15, 0.2) is 0 Å².